The van der Waals surface area contributed by atoms with Crippen LogP contribution in [0.2, 0.25) is 0 Å². The number of unbranched alkanes of at least 4 members (excludes halogenated alkanes) is 2. The van der Waals surface area contributed by atoms with Gasteiger partial charge >= 0.3 is 6.15 Å². The van der Waals surface area contributed by atoms with Gasteiger partial charge < -0.3 is 24.5 Å². The fraction of sp³-hybridized carbons (Fsp3) is 0.262. The Bertz CT molecular complexity index is 2150. The van der Waals surface area contributed by atoms with Crippen molar-refractivity contribution in [1.82, 2.24) is 9.13 Å². The monoisotopic (exact) mass is 682 g/mol. The molecule has 0 saturated carbocycles. The molecule has 1 saturated heterocycles. The van der Waals surface area contributed by atoms with E-state index in [1.54, 1.807) is 0 Å². The van der Waals surface area contributed by atoms with Gasteiger partial charge in [0, 0.05) is 77.5 Å². The molecule has 1 fully saturated rings. The SMILES string of the molecule is CCCCCn1ccc2cc(CC(=O)c3ccc(-n4ccc5cc(NC(=O)c6ccc(N7CCC(O)CC7)cc6)ccc54)cc3)ccc21.O=C=O. The molecule has 2 N–H and O–H groups in total. The molecule has 260 valence electrons. The van der Waals surface area contributed by atoms with Crippen LogP contribution in [-0.2, 0) is 22.6 Å². The molecule has 4 aromatic carbocycles. The molecule has 1 aliphatic rings. The number of amides is 1. The third-order valence-corrected chi connectivity index (χ3v) is 9.58. The zero-order chi connectivity index (χ0) is 35.7. The fourth-order valence-electron chi connectivity index (χ4n) is 6.78. The number of fused-ring (bicyclic) bond motifs is 2. The second kappa shape index (κ2) is 16.3. The molecule has 6 aromatic rings. The summed E-state index contributed by atoms with van der Waals surface area (Å²) in [5, 5.41) is 15.0. The number of anilines is 2. The van der Waals surface area contributed by atoms with Gasteiger partial charge in [0.05, 0.1) is 11.6 Å². The van der Waals surface area contributed by atoms with Crippen molar-refractivity contribution in [2.24, 2.45) is 0 Å². The predicted molar refractivity (Wildman–Crippen MR) is 200 cm³/mol. The number of aryl methyl sites for hydroxylation is 1. The van der Waals surface area contributed by atoms with Gasteiger partial charge in [-0.3, -0.25) is 9.59 Å². The standard InChI is InChI=1S/C41H42N4O3.CO2/c1-2-3-4-21-44-22-17-32-26-29(5-15-38(32)44)27-40(47)30-6-13-36(14-7-30)45-25-18-33-28-34(10-16-39(33)45)42-41(48)31-8-11-35(12-9-31)43-23-19-37(46)20-24-43;2-1-3/h5-18,22,25-26,28,37,46H,2-4,19-21,23-24,27H2,1H3,(H,42,48);. The number of ketones is 1. The summed E-state index contributed by atoms with van der Waals surface area (Å²) < 4.78 is 4.40. The molecule has 0 spiro atoms. The first-order valence-corrected chi connectivity index (χ1v) is 17.5. The molecule has 0 unspecified atom stereocenters. The third kappa shape index (κ3) is 8.35. The summed E-state index contributed by atoms with van der Waals surface area (Å²) in [6, 6.07) is 31.9. The van der Waals surface area contributed by atoms with E-state index in [4.69, 9.17) is 9.59 Å². The summed E-state index contributed by atoms with van der Waals surface area (Å²) in [6.07, 6.45) is 9.72. The Labute approximate surface area is 297 Å². The lowest BCUT2D eigenvalue weighted by Crippen LogP contribution is -2.35. The van der Waals surface area contributed by atoms with Crippen LogP contribution in [0.3, 0.4) is 0 Å². The summed E-state index contributed by atoms with van der Waals surface area (Å²) in [6.45, 7) is 4.89. The van der Waals surface area contributed by atoms with Crippen LogP contribution in [0.4, 0.5) is 11.4 Å². The summed E-state index contributed by atoms with van der Waals surface area (Å²) in [4.78, 5) is 44.7. The van der Waals surface area contributed by atoms with E-state index in [0.29, 0.717) is 17.5 Å². The minimum atomic E-state index is -0.215. The van der Waals surface area contributed by atoms with Gasteiger partial charge in [0.1, 0.15) is 0 Å². The summed E-state index contributed by atoms with van der Waals surface area (Å²) >= 11 is 0. The number of carbonyl (C=O) groups is 2. The van der Waals surface area contributed by atoms with E-state index in [0.717, 1.165) is 66.0 Å². The summed E-state index contributed by atoms with van der Waals surface area (Å²) in [5.74, 6) is -0.0580. The molecule has 9 nitrogen and oxygen atoms in total. The molecule has 9 heteroatoms. The molecule has 2 aromatic heterocycles. The van der Waals surface area contributed by atoms with Gasteiger partial charge in [0.25, 0.3) is 5.91 Å². The average molecular weight is 683 g/mol. The number of aliphatic hydroxyl groups excluding tert-OH is 1. The number of carbonyl (C=O) groups excluding carboxylic acids is 4. The second-order valence-electron chi connectivity index (χ2n) is 13.0. The predicted octanol–water partition coefficient (Wildman–Crippen LogP) is 7.83. The smallest absolute Gasteiger partial charge is 0.373 e. The van der Waals surface area contributed by atoms with Gasteiger partial charge in [-0.2, -0.15) is 9.59 Å². The van der Waals surface area contributed by atoms with Crippen LogP contribution >= 0.6 is 0 Å². The first kappa shape index (κ1) is 35.1. The van der Waals surface area contributed by atoms with Gasteiger partial charge in [-0.05, 0) is 121 Å². The van der Waals surface area contributed by atoms with Gasteiger partial charge in [0.2, 0.25) is 0 Å². The lowest BCUT2D eigenvalue weighted by molar-refractivity contribution is -0.191. The lowest BCUT2D eigenvalue weighted by atomic mass is 10.0. The van der Waals surface area contributed by atoms with Crippen LogP contribution in [0.15, 0.2) is 109 Å². The number of rotatable bonds is 11. The zero-order valence-electron chi connectivity index (χ0n) is 28.8. The summed E-state index contributed by atoms with van der Waals surface area (Å²) in [7, 11) is 0. The largest absolute Gasteiger partial charge is 0.393 e. The number of nitrogens with zero attached hydrogens (tertiary/aromatic N) is 3. The highest BCUT2D eigenvalue weighted by molar-refractivity contribution is 6.05. The molecule has 0 bridgehead atoms. The van der Waals surface area contributed by atoms with Crippen LogP contribution in [0.25, 0.3) is 27.5 Å². The Kier molecular flexibility index (Phi) is 11.2. The number of Topliss-reactive ketones (excluding diaryl/α,β-unsaturated/α-hetero) is 1. The molecule has 51 heavy (non-hydrogen) atoms. The van der Waals surface area contributed by atoms with Crippen LogP contribution in [0, 0.1) is 0 Å². The van der Waals surface area contributed by atoms with Crippen molar-refractivity contribution in [3.05, 3.63) is 126 Å². The van der Waals surface area contributed by atoms with Gasteiger partial charge in [-0.25, -0.2) is 0 Å². The van der Waals surface area contributed by atoms with Crippen molar-refractivity contribution in [3.63, 3.8) is 0 Å². The molecule has 3 heterocycles. The van der Waals surface area contributed by atoms with Crippen molar-refractivity contribution in [3.8, 4) is 5.69 Å². The van der Waals surface area contributed by atoms with Crippen molar-refractivity contribution < 1.29 is 24.3 Å². The number of aromatic nitrogens is 2. The number of aliphatic hydroxyl groups is 1. The van der Waals surface area contributed by atoms with E-state index in [2.05, 4.69) is 56.7 Å². The lowest BCUT2D eigenvalue weighted by Gasteiger charge is -2.31. The minimum Gasteiger partial charge on any atom is -0.393 e. The maximum atomic E-state index is 13.2. The van der Waals surface area contributed by atoms with Crippen LogP contribution in [-0.4, -0.2) is 51.3 Å². The van der Waals surface area contributed by atoms with Gasteiger partial charge in [-0.1, -0.05) is 25.8 Å². The van der Waals surface area contributed by atoms with E-state index in [-0.39, 0.29) is 23.9 Å². The first-order chi connectivity index (χ1) is 24.9. The molecule has 7 rings (SSSR count). The van der Waals surface area contributed by atoms with Gasteiger partial charge in [0.15, 0.2) is 5.78 Å². The molecule has 0 aliphatic carbocycles. The maximum Gasteiger partial charge on any atom is 0.373 e. The Hall–Kier alpha value is -5.76. The topological polar surface area (TPSA) is 114 Å². The molecule has 1 amide bonds. The quantitative estimate of drug-likeness (QED) is 0.106. The van der Waals surface area contributed by atoms with Crippen molar-refractivity contribution >= 4 is 51.0 Å². The van der Waals surface area contributed by atoms with Crippen LogP contribution < -0.4 is 10.2 Å². The average Bonchev–Trinajstić information content (AvgIpc) is 3.76. The minimum absolute atomic E-state index is 0.0991. The first-order valence-electron chi connectivity index (χ1n) is 17.5. The van der Waals surface area contributed by atoms with Crippen LogP contribution in [0.1, 0.15) is 65.3 Å². The number of hydrogen-bond acceptors (Lipinski definition) is 6. The summed E-state index contributed by atoms with van der Waals surface area (Å²) in [5.41, 5.74) is 7.32. The van der Waals surface area contributed by atoms with E-state index >= 15 is 0 Å². The highest BCUT2D eigenvalue weighted by Crippen LogP contribution is 2.26. The van der Waals surface area contributed by atoms with Crippen molar-refractivity contribution in [2.75, 3.05) is 23.3 Å². The Morgan fingerprint density at radius 1 is 0.765 bits per heavy atom. The molecular formula is C42H42N4O5. The molecular weight excluding hydrogens is 640 g/mol. The number of piperidine rings is 1. The fourth-order valence-corrected chi connectivity index (χ4v) is 6.78. The number of nitrogens with one attached hydrogen (secondary N) is 1. The Morgan fingerprint density at radius 2 is 1.41 bits per heavy atom. The van der Waals surface area contributed by atoms with E-state index in [1.165, 1.54) is 30.2 Å². The molecule has 0 radical (unpaired) electrons. The Balaban J connectivity index is 0.00000144. The number of benzene rings is 4. The number of hydrogen-bond donors (Lipinski definition) is 2. The van der Waals surface area contributed by atoms with Gasteiger partial charge in [-0.15, -0.1) is 0 Å². The van der Waals surface area contributed by atoms with Crippen LogP contribution in [0.5, 0.6) is 0 Å². The normalized spacial score (nSPS) is 13.1. The third-order valence-electron chi connectivity index (χ3n) is 9.58. The van der Waals surface area contributed by atoms with Crippen molar-refractivity contribution in [2.45, 2.75) is 58.1 Å². The van der Waals surface area contributed by atoms with Crippen molar-refractivity contribution in [1.29, 1.82) is 0 Å². The highest BCUT2D eigenvalue weighted by atomic mass is 16.3. The van der Waals surface area contributed by atoms with E-state index < -0.39 is 0 Å². The zero-order valence-corrected chi connectivity index (χ0v) is 28.8. The second-order valence-corrected chi connectivity index (χ2v) is 13.0. The Morgan fingerprint density at radius 3 is 2.14 bits per heavy atom. The molecule has 1 aliphatic heterocycles. The maximum absolute atomic E-state index is 13.2. The van der Waals surface area contributed by atoms with E-state index in [1.807, 2.05) is 79.0 Å². The molecule has 0 atom stereocenters. The van der Waals surface area contributed by atoms with E-state index in [9.17, 15) is 14.7 Å². The highest BCUT2D eigenvalue weighted by Gasteiger charge is 2.18.